The first kappa shape index (κ1) is 20.5. The topological polar surface area (TPSA) is 114 Å². The van der Waals surface area contributed by atoms with Crippen LogP contribution in [0.5, 0.6) is 0 Å². The quantitative estimate of drug-likeness (QED) is 0.401. The van der Waals surface area contributed by atoms with Crippen molar-refractivity contribution in [3.8, 4) is 0 Å². The van der Waals surface area contributed by atoms with Crippen LogP contribution in [0.1, 0.15) is 0 Å². The van der Waals surface area contributed by atoms with Crippen LogP contribution in [0.25, 0.3) is 10.8 Å². The molecule has 0 aliphatic rings. The fourth-order valence-corrected chi connectivity index (χ4v) is 3.63. The number of hydrogen-bond donors (Lipinski definition) is 0. The molecule has 96 valence electrons. The first-order valence-electron chi connectivity index (χ1n) is 4.65. The molecule has 2 rings (SSSR count). The van der Waals surface area contributed by atoms with Crippen LogP contribution in [0.15, 0.2) is 46.2 Å². The molecule has 0 saturated carbocycles. The SMILES string of the molecule is O=S(=O)([O-])c1ccc2ccccc2c1S(=O)(=O)[O-].[Na+].[Na+]. The third kappa shape index (κ3) is 4.26. The maximum Gasteiger partial charge on any atom is 1.00 e. The van der Waals surface area contributed by atoms with Crippen molar-refractivity contribution in [2.75, 3.05) is 0 Å². The number of hydrogen-bond acceptors (Lipinski definition) is 6. The molecule has 0 aromatic heterocycles. The molecule has 0 N–H and O–H groups in total. The molecule has 0 unspecified atom stereocenters. The summed E-state index contributed by atoms with van der Waals surface area (Å²) in [6, 6.07) is 7.91. The molecule has 2 aromatic carbocycles. The van der Waals surface area contributed by atoms with Gasteiger partial charge in [0.25, 0.3) is 0 Å². The second-order valence-electron chi connectivity index (χ2n) is 3.52. The monoisotopic (exact) mass is 332 g/mol. The van der Waals surface area contributed by atoms with Gasteiger partial charge in [0, 0.05) is 5.39 Å². The molecule has 0 atom stereocenters. The van der Waals surface area contributed by atoms with Crippen LogP contribution in [0.4, 0.5) is 0 Å². The van der Waals surface area contributed by atoms with Crippen molar-refractivity contribution in [3.63, 3.8) is 0 Å². The van der Waals surface area contributed by atoms with Gasteiger partial charge in [0.05, 0.1) is 9.79 Å². The number of benzene rings is 2. The van der Waals surface area contributed by atoms with Crippen molar-refractivity contribution in [1.82, 2.24) is 0 Å². The first-order chi connectivity index (χ1) is 8.21. The van der Waals surface area contributed by atoms with E-state index in [4.69, 9.17) is 0 Å². The molecule has 0 bridgehead atoms. The van der Waals surface area contributed by atoms with Gasteiger partial charge in [-0.3, -0.25) is 0 Å². The Labute approximate surface area is 160 Å². The van der Waals surface area contributed by atoms with E-state index >= 15 is 0 Å². The molecule has 20 heavy (non-hydrogen) atoms. The van der Waals surface area contributed by atoms with Crippen molar-refractivity contribution in [2.45, 2.75) is 9.79 Å². The van der Waals surface area contributed by atoms with Gasteiger partial charge >= 0.3 is 59.1 Å². The molecule has 0 fully saturated rings. The number of fused-ring (bicyclic) bond motifs is 1. The molecule has 0 aliphatic carbocycles. The Bertz CT molecular complexity index is 830. The van der Waals surface area contributed by atoms with Crippen LogP contribution in [-0.2, 0) is 20.2 Å². The maximum absolute atomic E-state index is 11.2. The number of rotatable bonds is 2. The van der Waals surface area contributed by atoms with Gasteiger partial charge in [0.2, 0.25) is 0 Å². The van der Waals surface area contributed by atoms with E-state index in [0.29, 0.717) is 5.39 Å². The Hall–Kier alpha value is 0.520. The van der Waals surface area contributed by atoms with Crippen LogP contribution in [0, 0.1) is 0 Å². The minimum Gasteiger partial charge on any atom is -0.744 e. The van der Waals surface area contributed by atoms with Crippen molar-refractivity contribution in [1.29, 1.82) is 0 Å². The van der Waals surface area contributed by atoms with Gasteiger partial charge in [-0.15, -0.1) is 0 Å². The Kier molecular flexibility index (Phi) is 7.37. The zero-order valence-corrected chi connectivity index (χ0v) is 16.4. The van der Waals surface area contributed by atoms with E-state index < -0.39 is 30.0 Å². The molecule has 0 spiro atoms. The van der Waals surface area contributed by atoms with Crippen LogP contribution in [0.2, 0.25) is 0 Å². The zero-order chi connectivity index (χ0) is 13.6. The molecule has 2 aromatic rings. The Morgan fingerprint density at radius 2 is 1.30 bits per heavy atom. The summed E-state index contributed by atoms with van der Waals surface area (Å²) in [4.78, 5) is -2.01. The third-order valence-electron chi connectivity index (χ3n) is 2.36. The van der Waals surface area contributed by atoms with E-state index in [1.165, 1.54) is 24.3 Å². The average Bonchev–Trinajstić information content (AvgIpc) is 2.24. The first-order valence-corrected chi connectivity index (χ1v) is 7.46. The van der Waals surface area contributed by atoms with Gasteiger partial charge in [-0.2, -0.15) is 0 Å². The molecule has 0 aliphatic heterocycles. The standard InChI is InChI=1S/C10H8O6S2.2Na/c11-17(12,13)9-6-5-7-3-1-2-4-8(7)10(9)18(14,15)16;;/h1-6H,(H,11,12,13)(H,14,15,16);;/q;2*+1/p-2. The predicted octanol–water partition coefficient (Wildman–Crippen LogP) is -5.34. The summed E-state index contributed by atoms with van der Waals surface area (Å²) < 4.78 is 66.4. The van der Waals surface area contributed by atoms with E-state index in [2.05, 4.69) is 0 Å². The average molecular weight is 332 g/mol. The molecule has 0 radical (unpaired) electrons. The second kappa shape index (κ2) is 7.19. The fourth-order valence-electron chi connectivity index (χ4n) is 1.68. The van der Waals surface area contributed by atoms with Gasteiger partial charge in [-0.25, -0.2) is 16.8 Å². The Morgan fingerprint density at radius 1 is 0.750 bits per heavy atom. The normalized spacial score (nSPS) is 11.5. The maximum atomic E-state index is 11.2. The van der Waals surface area contributed by atoms with Crippen molar-refractivity contribution in [2.24, 2.45) is 0 Å². The van der Waals surface area contributed by atoms with E-state index in [1.54, 1.807) is 6.07 Å². The van der Waals surface area contributed by atoms with E-state index in [1.807, 2.05) is 0 Å². The van der Waals surface area contributed by atoms with E-state index in [0.717, 1.165) is 6.07 Å². The summed E-state index contributed by atoms with van der Waals surface area (Å²) in [5.74, 6) is 0. The largest absolute Gasteiger partial charge is 1.00 e. The Balaban J connectivity index is 0.00000180. The van der Waals surface area contributed by atoms with Gasteiger partial charge in [-0.1, -0.05) is 30.3 Å². The van der Waals surface area contributed by atoms with Crippen LogP contribution in [0.3, 0.4) is 0 Å². The smallest absolute Gasteiger partial charge is 0.744 e. The van der Waals surface area contributed by atoms with Crippen LogP contribution >= 0.6 is 0 Å². The Morgan fingerprint density at radius 3 is 1.80 bits per heavy atom. The summed E-state index contributed by atoms with van der Waals surface area (Å²) in [6.07, 6.45) is 0. The van der Waals surface area contributed by atoms with Gasteiger partial charge in [-0.05, 0) is 11.5 Å². The third-order valence-corrected chi connectivity index (χ3v) is 4.31. The molecule has 0 amide bonds. The summed E-state index contributed by atoms with van der Waals surface area (Å²) >= 11 is 0. The van der Waals surface area contributed by atoms with Gasteiger partial charge in [0.15, 0.2) is 0 Å². The summed E-state index contributed by atoms with van der Waals surface area (Å²) in [5, 5.41) is 0.281. The molecule has 10 heteroatoms. The van der Waals surface area contributed by atoms with Crippen molar-refractivity contribution < 1.29 is 85.1 Å². The summed E-state index contributed by atoms with van der Waals surface area (Å²) in [6.45, 7) is 0. The fraction of sp³-hybridized carbons (Fsp3) is 0. The van der Waals surface area contributed by atoms with Crippen molar-refractivity contribution >= 4 is 31.0 Å². The van der Waals surface area contributed by atoms with Crippen LogP contribution in [-0.4, -0.2) is 25.9 Å². The molecule has 6 nitrogen and oxygen atoms in total. The van der Waals surface area contributed by atoms with Gasteiger partial charge in [0.1, 0.15) is 20.2 Å². The summed E-state index contributed by atoms with van der Waals surface area (Å²) in [5.41, 5.74) is 0. The predicted molar refractivity (Wildman–Crippen MR) is 59.9 cm³/mol. The van der Waals surface area contributed by atoms with E-state index in [9.17, 15) is 25.9 Å². The van der Waals surface area contributed by atoms with E-state index in [-0.39, 0.29) is 64.5 Å². The molecular weight excluding hydrogens is 326 g/mol. The zero-order valence-electron chi connectivity index (χ0n) is 10.7. The summed E-state index contributed by atoms with van der Waals surface area (Å²) in [7, 11) is -10.1. The minimum absolute atomic E-state index is 0. The van der Waals surface area contributed by atoms with Gasteiger partial charge < -0.3 is 9.11 Å². The molecule has 0 heterocycles. The second-order valence-corrected chi connectivity index (χ2v) is 6.19. The van der Waals surface area contributed by atoms with Crippen molar-refractivity contribution in [3.05, 3.63) is 36.4 Å². The molecule has 0 saturated heterocycles. The minimum atomic E-state index is -5.07. The van der Waals surface area contributed by atoms with Crippen LogP contribution < -0.4 is 59.1 Å². The molecular formula is C10H6Na2O6S2.